The molecule has 1 heterocycles. The van der Waals surface area contributed by atoms with Crippen molar-refractivity contribution in [3.8, 4) is 17.8 Å². The van der Waals surface area contributed by atoms with Crippen molar-refractivity contribution in [1.29, 1.82) is 0 Å². The summed E-state index contributed by atoms with van der Waals surface area (Å²) in [5.41, 5.74) is 0.621. The van der Waals surface area contributed by atoms with Gasteiger partial charge in [-0.3, -0.25) is 0 Å². The molecule has 7 nitrogen and oxygen atoms in total. The summed E-state index contributed by atoms with van der Waals surface area (Å²) < 4.78 is 15.2. The molecular weight excluding hydrogens is 284 g/mol. The molecule has 0 aliphatic carbocycles. The first-order valence-corrected chi connectivity index (χ1v) is 5.98. The second-order valence-electron chi connectivity index (χ2n) is 3.60. The molecular formula is C12H13ClN4O3. The van der Waals surface area contributed by atoms with Crippen molar-refractivity contribution < 1.29 is 14.2 Å². The molecule has 0 amide bonds. The summed E-state index contributed by atoms with van der Waals surface area (Å²) in [7, 11) is 4.47. The van der Waals surface area contributed by atoms with Crippen LogP contribution in [0, 0.1) is 0 Å². The minimum absolute atomic E-state index is 0.139. The predicted octanol–water partition coefficient (Wildman–Crippen LogP) is 2.29. The molecule has 0 aliphatic rings. The maximum atomic E-state index is 5.96. The first kappa shape index (κ1) is 14.1. The molecule has 2 rings (SSSR count). The Morgan fingerprint density at radius 1 is 0.950 bits per heavy atom. The van der Waals surface area contributed by atoms with Gasteiger partial charge in [-0.25, -0.2) is 0 Å². The molecule has 2 aromatic rings. The fourth-order valence-corrected chi connectivity index (χ4v) is 1.65. The number of hydrogen-bond donors (Lipinski definition) is 1. The summed E-state index contributed by atoms with van der Waals surface area (Å²) in [6.45, 7) is 0. The van der Waals surface area contributed by atoms with Gasteiger partial charge >= 0.3 is 12.0 Å². The highest BCUT2D eigenvalue weighted by Crippen LogP contribution is 2.30. The summed E-state index contributed by atoms with van der Waals surface area (Å²) in [6.07, 6.45) is 0. The van der Waals surface area contributed by atoms with E-state index in [0.717, 1.165) is 0 Å². The average Bonchev–Trinajstić information content (AvgIpc) is 2.47. The maximum absolute atomic E-state index is 5.96. The topological polar surface area (TPSA) is 78.4 Å². The van der Waals surface area contributed by atoms with E-state index in [-0.39, 0.29) is 18.0 Å². The summed E-state index contributed by atoms with van der Waals surface area (Å²) in [5, 5.41) is 3.54. The van der Waals surface area contributed by atoms with E-state index < -0.39 is 0 Å². The minimum Gasteiger partial charge on any atom is -0.495 e. The SMILES string of the molecule is COc1nc(Nc2cc(Cl)ccc2OC)nc(OC)n1. The van der Waals surface area contributed by atoms with E-state index in [0.29, 0.717) is 16.5 Å². The van der Waals surface area contributed by atoms with Gasteiger partial charge in [0.2, 0.25) is 5.95 Å². The average molecular weight is 297 g/mol. The Hall–Kier alpha value is -2.28. The smallest absolute Gasteiger partial charge is 0.324 e. The van der Waals surface area contributed by atoms with Crippen molar-refractivity contribution in [3.63, 3.8) is 0 Å². The van der Waals surface area contributed by atoms with Gasteiger partial charge in [-0.2, -0.15) is 9.97 Å². The van der Waals surface area contributed by atoms with Crippen LogP contribution in [-0.4, -0.2) is 36.3 Å². The van der Waals surface area contributed by atoms with Gasteiger partial charge in [-0.15, -0.1) is 4.98 Å². The third-order valence-corrected chi connectivity index (χ3v) is 2.60. The quantitative estimate of drug-likeness (QED) is 0.907. The molecule has 1 N–H and O–H groups in total. The number of nitrogens with one attached hydrogen (secondary N) is 1. The second-order valence-corrected chi connectivity index (χ2v) is 4.04. The maximum Gasteiger partial charge on any atom is 0.324 e. The Morgan fingerprint density at radius 3 is 2.15 bits per heavy atom. The van der Waals surface area contributed by atoms with Gasteiger partial charge in [0, 0.05) is 5.02 Å². The van der Waals surface area contributed by atoms with E-state index in [2.05, 4.69) is 20.3 Å². The van der Waals surface area contributed by atoms with Crippen LogP contribution in [0.4, 0.5) is 11.6 Å². The lowest BCUT2D eigenvalue weighted by atomic mass is 10.3. The van der Waals surface area contributed by atoms with Crippen LogP contribution in [0.2, 0.25) is 5.02 Å². The first-order chi connectivity index (χ1) is 9.66. The monoisotopic (exact) mass is 296 g/mol. The molecule has 0 aliphatic heterocycles. The number of nitrogens with zero attached hydrogens (tertiary/aromatic N) is 3. The zero-order chi connectivity index (χ0) is 14.5. The van der Waals surface area contributed by atoms with Crippen molar-refractivity contribution in [3.05, 3.63) is 23.2 Å². The molecule has 0 bridgehead atoms. The molecule has 106 valence electrons. The molecule has 8 heteroatoms. The number of halogens is 1. The molecule has 0 atom stereocenters. The molecule has 1 aromatic carbocycles. The lowest BCUT2D eigenvalue weighted by Gasteiger charge is -2.11. The van der Waals surface area contributed by atoms with E-state index in [1.54, 1.807) is 25.3 Å². The number of ether oxygens (including phenoxy) is 3. The van der Waals surface area contributed by atoms with Gasteiger partial charge in [-0.1, -0.05) is 11.6 Å². The molecule has 0 spiro atoms. The Morgan fingerprint density at radius 2 is 1.60 bits per heavy atom. The molecule has 20 heavy (non-hydrogen) atoms. The number of rotatable bonds is 5. The van der Waals surface area contributed by atoms with Crippen LogP contribution in [0.5, 0.6) is 17.8 Å². The summed E-state index contributed by atoms with van der Waals surface area (Å²) in [5.74, 6) is 0.863. The fraction of sp³-hybridized carbons (Fsp3) is 0.250. The molecule has 0 unspecified atom stereocenters. The van der Waals surface area contributed by atoms with Crippen LogP contribution in [0.1, 0.15) is 0 Å². The lowest BCUT2D eigenvalue weighted by molar-refractivity contribution is 0.341. The van der Waals surface area contributed by atoms with Crippen molar-refractivity contribution in [2.24, 2.45) is 0 Å². The van der Waals surface area contributed by atoms with E-state index in [9.17, 15) is 0 Å². The third-order valence-electron chi connectivity index (χ3n) is 2.37. The van der Waals surface area contributed by atoms with Gasteiger partial charge in [0.15, 0.2) is 0 Å². The molecule has 0 fully saturated rings. The van der Waals surface area contributed by atoms with Gasteiger partial charge in [-0.05, 0) is 18.2 Å². The van der Waals surface area contributed by atoms with Gasteiger partial charge < -0.3 is 19.5 Å². The fourth-order valence-electron chi connectivity index (χ4n) is 1.47. The zero-order valence-corrected chi connectivity index (χ0v) is 11.9. The first-order valence-electron chi connectivity index (χ1n) is 5.61. The zero-order valence-electron chi connectivity index (χ0n) is 11.2. The van der Waals surface area contributed by atoms with Crippen LogP contribution < -0.4 is 19.5 Å². The number of benzene rings is 1. The third kappa shape index (κ3) is 3.18. The van der Waals surface area contributed by atoms with E-state index in [4.69, 9.17) is 25.8 Å². The van der Waals surface area contributed by atoms with Gasteiger partial charge in [0.1, 0.15) is 5.75 Å². The van der Waals surface area contributed by atoms with Crippen LogP contribution in [0.3, 0.4) is 0 Å². The summed E-state index contributed by atoms with van der Waals surface area (Å²) in [4.78, 5) is 12.0. The molecule has 1 aromatic heterocycles. The Kier molecular flexibility index (Phi) is 4.41. The molecule has 0 radical (unpaired) electrons. The van der Waals surface area contributed by atoms with Crippen LogP contribution >= 0.6 is 11.6 Å². The number of aromatic nitrogens is 3. The van der Waals surface area contributed by atoms with Crippen molar-refractivity contribution >= 4 is 23.2 Å². The van der Waals surface area contributed by atoms with Crippen LogP contribution in [0.15, 0.2) is 18.2 Å². The Bertz CT molecular complexity index is 587. The number of hydrogen-bond acceptors (Lipinski definition) is 7. The van der Waals surface area contributed by atoms with Gasteiger partial charge in [0.05, 0.1) is 27.0 Å². The predicted molar refractivity (Wildman–Crippen MR) is 74.2 cm³/mol. The largest absolute Gasteiger partial charge is 0.495 e. The lowest BCUT2D eigenvalue weighted by Crippen LogP contribution is -2.04. The number of methoxy groups -OCH3 is 3. The minimum atomic E-state index is 0.139. The highest BCUT2D eigenvalue weighted by Gasteiger charge is 2.10. The summed E-state index contributed by atoms with van der Waals surface area (Å²) >= 11 is 5.96. The second kappa shape index (κ2) is 6.25. The van der Waals surface area contributed by atoms with Crippen LogP contribution in [0.25, 0.3) is 0 Å². The van der Waals surface area contributed by atoms with E-state index in [1.165, 1.54) is 14.2 Å². The molecule has 0 saturated heterocycles. The van der Waals surface area contributed by atoms with Gasteiger partial charge in [0.25, 0.3) is 0 Å². The Balaban J connectivity index is 2.36. The van der Waals surface area contributed by atoms with Crippen LogP contribution in [-0.2, 0) is 0 Å². The highest BCUT2D eigenvalue weighted by molar-refractivity contribution is 6.30. The van der Waals surface area contributed by atoms with Crippen molar-refractivity contribution in [1.82, 2.24) is 15.0 Å². The summed E-state index contributed by atoms with van der Waals surface area (Å²) in [6, 6.07) is 5.43. The standard InChI is InChI=1S/C12H13ClN4O3/c1-18-9-5-4-7(13)6-8(9)14-10-15-11(19-2)17-12(16-10)20-3/h4-6H,1-3H3,(H,14,15,16,17). The normalized spacial score (nSPS) is 10.0. The van der Waals surface area contributed by atoms with E-state index in [1.807, 2.05) is 0 Å². The highest BCUT2D eigenvalue weighted by atomic mass is 35.5. The van der Waals surface area contributed by atoms with E-state index >= 15 is 0 Å². The van der Waals surface area contributed by atoms with Crippen molar-refractivity contribution in [2.75, 3.05) is 26.6 Å². The Labute approximate surface area is 120 Å². The number of anilines is 2. The van der Waals surface area contributed by atoms with Crippen molar-refractivity contribution in [2.45, 2.75) is 0 Å². The molecule has 0 saturated carbocycles.